The molecule has 0 spiro atoms. The van der Waals surface area contributed by atoms with E-state index in [9.17, 15) is 22.8 Å². The summed E-state index contributed by atoms with van der Waals surface area (Å²) in [6, 6.07) is -1.00. The molecule has 0 aliphatic carbocycles. The van der Waals surface area contributed by atoms with Gasteiger partial charge in [0.05, 0.1) is 17.7 Å². The summed E-state index contributed by atoms with van der Waals surface area (Å²) in [4.78, 5) is 23.0. The minimum Gasteiger partial charge on any atom is -0.397 e. The number of rotatable bonds is 5. The maximum Gasteiger partial charge on any atom is 0.391 e. The number of hydrogen-bond donors (Lipinski definition) is 4. The lowest BCUT2D eigenvalue weighted by Gasteiger charge is -2.16. The van der Waals surface area contributed by atoms with Crippen molar-refractivity contribution >= 4 is 33.8 Å². The molecule has 1 heterocycles. The Balaban J connectivity index is 3.11. The minimum absolute atomic E-state index is 0.0213. The Labute approximate surface area is 122 Å². The lowest BCUT2D eigenvalue weighted by molar-refractivity contribution is -0.136. The van der Waals surface area contributed by atoms with E-state index in [1.54, 1.807) is 0 Å². The Hall–Kier alpha value is -1.97. The van der Waals surface area contributed by atoms with Crippen molar-refractivity contribution in [2.24, 2.45) is 5.73 Å². The van der Waals surface area contributed by atoms with Crippen molar-refractivity contribution in [3.63, 3.8) is 0 Å². The zero-order chi connectivity index (χ0) is 16.4. The number of amides is 2. The number of nitrogens with one attached hydrogen (secondary N) is 2. The second kappa shape index (κ2) is 6.20. The van der Waals surface area contributed by atoms with Gasteiger partial charge < -0.3 is 22.1 Å². The summed E-state index contributed by atoms with van der Waals surface area (Å²) < 4.78 is 37.0. The monoisotopic (exact) mass is 324 g/mol. The molecule has 1 rings (SSSR count). The minimum atomic E-state index is -4.36. The zero-order valence-electron chi connectivity index (χ0n) is 11.3. The third-order valence-electron chi connectivity index (χ3n) is 2.54. The second-order valence-electron chi connectivity index (χ2n) is 4.36. The number of hydrogen-bond acceptors (Lipinski definition) is 5. The number of nitrogen functional groups attached to an aromatic ring is 1. The third kappa shape index (κ3) is 4.25. The Bertz CT molecular complexity index is 556. The first kappa shape index (κ1) is 17.1. The average molecular weight is 324 g/mol. The SMILES string of the molecule is CNC(=O)c1sc(NC(C)CC(F)(F)F)c(C(N)=O)c1N. The van der Waals surface area contributed by atoms with Crippen molar-refractivity contribution in [2.75, 3.05) is 18.1 Å². The van der Waals surface area contributed by atoms with Gasteiger partial charge in [-0.2, -0.15) is 13.2 Å². The van der Waals surface area contributed by atoms with Crippen molar-refractivity contribution < 1.29 is 22.8 Å². The molecule has 118 valence electrons. The summed E-state index contributed by atoms with van der Waals surface area (Å²) in [5.74, 6) is -1.46. The molecule has 10 heteroatoms. The van der Waals surface area contributed by atoms with Gasteiger partial charge in [-0.3, -0.25) is 9.59 Å². The molecule has 0 saturated heterocycles. The molecule has 1 aromatic heterocycles. The summed E-state index contributed by atoms with van der Waals surface area (Å²) in [6.45, 7) is 1.30. The number of primary amides is 1. The highest BCUT2D eigenvalue weighted by molar-refractivity contribution is 7.19. The third-order valence-corrected chi connectivity index (χ3v) is 3.68. The highest BCUT2D eigenvalue weighted by Gasteiger charge is 2.31. The normalized spacial score (nSPS) is 12.8. The lowest BCUT2D eigenvalue weighted by atomic mass is 10.2. The molecule has 21 heavy (non-hydrogen) atoms. The van der Waals surface area contributed by atoms with Crippen LogP contribution in [0, 0.1) is 0 Å². The smallest absolute Gasteiger partial charge is 0.391 e. The van der Waals surface area contributed by atoms with Crippen LogP contribution in [0.5, 0.6) is 0 Å². The molecule has 6 N–H and O–H groups in total. The summed E-state index contributed by atoms with van der Waals surface area (Å²) in [7, 11) is 1.37. The molecule has 0 aromatic carbocycles. The second-order valence-corrected chi connectivity index (χ2v) is 5.38. The number of nitrogens with two attached hydrogens (primary N) is 2. The number of anilines is 2. The lowest BCUT2D eigenvalue weighted by Crippen LogP contribution is -2.25. The van der Waals surface area contributed by atoms with Crippen LogP contribution in [-0.2, 0) is 0 Å². The van der Waals surface area contributed by atoms with Gasteiger partial charge in [0.1, 0.15) is 9.88 Å². The Morgan fingerprint density at radius 1 is 1.38 bits per heavy atom. The van der Waals surface area contributed by atoms with Crippen molar-refractivity contribution in [1.82, 2.24) is 5.32 Å². The molecule has 6 nitrogen and oxygen atoms in total. The molecular weight excluding hydrogens is 309 g/mol. The van der Waals surface area contributed by atoms with Gasteiger partial charge in [-0.1, -0.05) is 0 Å². The van der Waals surface area contributed by atoms with Crippen LogP contribution in [0.3, 0.4) is 0 Å². The van der Waals surface area contributed by atoms with E-state index >= 15 is 0 Å². The topological polar surface area (TPSA) is 110 Å². The summed E-state index contributed by atoms with van der Waals surface area (Å²) in [6.07, 6.45) is -5.45. The van der Waals surface area contributed by atoms with Crippen LogP contribution in [0.4, 0.5) is 23.9 Å². The molecule has 2 amide bonds. The first-order valence-corrected chi connectivity index (χ1v) is 6.66. The number of alkyl halides is 3. The van der Waals surface area contributed by atoms with Gasteiger partial charge in [0, 0.05) is 13.1 Å². The van der Waals surface area contributed by atoms with E-state index in [1.807, 2.05) is 0 Å². The van der Waals surface area contributed by atoms with Crippen molar-refractivity contribution in [1.29, 1.82) is 0 Å². The van der Waals surface area contributed by atoms with Crippen LogP contribution in [0.15, 0.2) is 0 Å². The maximum atomic E-state index is 12.3. The van der Waals surface area contributed by atoms with Gasteiger partial charge in [0.25, 0.3) is 11.8 Å². The van der Waals surface area contributed by atoms with E-state index in [4.69, 9.17) is 11.5 Å². The molecule has 0 radical (unpaired) electrons. The van der Waals surface area contributed by atoms with Gasteiger partial charge >= 0.3 is 6.18 Å². The van der Waals surface area contributed by atoms with Crippen LogP contribution in [0.1, 0.15) is 33.4 Å². The first-order chi connectivity index (χ1) is 9.56. The molecule has 0 bridgehead atoms. The quantitative estimate of drug-likeness (QED) is 0.658. The Kier molecular flexibility index (Phi) is 5.05. The molecule has 1 unspecified atom stereocenters. The Morgan fingerprint density at radius 2 is 1.95 bits per heavy atom. The van der Waals surface area contributed by atoms with Gasteiger partial charge in [0.15, 0.2) is 0 Å². The van der Waals surface area contributed by atoms with Crippen LogP contribution in [0.25, 0.3) is 0 Å². The zero-order valence-corrected chi connectivity index (χ0v) is 12.1. The van der Waals surface area contributed by atoms with E-state index in [0.29, 0.717) is 0 Å². The number of thiophene rings is 1. The van der Waals surface area contributed by atoms with Crippen molar-refractivity contribution in [3.05, 3.63) is 10.4 Å². The van der Waals surface area contributed by atoms with Gasteiger partial charge in [-0.15, -0.1) is 11.3 Å². The highest BCUT2D eigenvalue weighted by Crippen LogP contribution is 2.36. The van der Waals surface area contributed by atoms with E-state index in [0.717, 1.165) is 11.3 Å². The highest BCUT2D eigenvalue weighted by atomic mass is 32.1. The van der Waals surface area contributed by atoms with Crippen molar-refractivity contribution in [2.45, 2.75) is 25.6 Å². The molecular formula is C11H15F3N4O2S. The number of carbonyl (C=O) groups excluding carboxylic acids is 2. The molecule has 0 aliphatic rings. The predicted octanol–water partition coefficient (Wildman–Crippen LogP) is 1.54. The van der Waals surface area contributed by atoms with Gasteiger partial charge in [-0.25, -0.2) is 0 Å². The first-order valence-electron chi connectivity index (χ1n) is 5.84. The fourth-order valence-electron chi connectivity index (χ4n) is 1.69. The standard InChI is InChI=1S/C11H15F3N4O2S/c1-4(3-11(12,13)14)18-10-5(8(16)19)6(15)7(21-10)9(20)17-2/h4,18H,3,15H2,1-2H3,(H2,16,19)(H,17,20). The Morgan fingerprint density at radius 3 is 2.38 bits per heavy atom. The predicted molar refractivity (Wildman–Crippen MR) is 74.4 cm³/mol. The average Bonchev–Trinajstić information content (AvgIpc) is 2.62. The summed E-state index contributed by atoms with van der Waals surface area (Å²) >= 11 is 0.785. The fraction of sp³-hybridized carbons (Fsp3) is 0.455. The van der Waals surface area contributed by atoms with Crippen LogP contribution in [0.2, 0.25) is 0 Å². The van der Waals surface area contributed by atoms with E-state index in [-0.39, 0.29) is 21.1 Å². The van der Waals surface area contributed by atoms with E-state index < -0.39 is 30.5 Å². The van der Waals surface area contributed by atoms with Gasteiger partial charge in [-0.05, 0) is 6.92 Å². The molecule has 1 atom stereocenters. The fourth-order valence-corrected chi connectivity index (χ4v) is 2.88. The van der Waals surface area contributed by atoms with Crippen molar-refractivity contribution in [3.8, 4) is 0 Å². The molecule has 1 aromatic rings. The molecule has 0 aliphatic heterocycles. The largest absolute Gasteiger partial charge is 0.397 e. The van der Waals surface area contributed by atoms with Crippen LogP contribution >= 0.6 is 11.3 Å². The molecule has 0 fully saturated rings. The van der Waals surface area contributed by atoms with Crippen LogP contribution < -0.4 is 22.1 Å². The number of carbonyl (C=O) groups is 2. The van der Waals surface area contributed by atoms with Gasteiger partial charge in [0.2, 0.25) is 0 Å². The summed E-state index contributed by atoms with van der Waals surface area (Å²) in [5.41, 5.74) is 10.5. The van der Waals surface area contributed by atoms with Crippen LogP contribution in [-0.4, -0.2) is 31.1 Å². The van der Waals surface area contributed by atoms with E-state index in [1.165, 1.54) is 14.0 Å². The van der Waals surface area contributed by atoms with E-state index in [2.05, 4.69) is 10.6 Å². The molecule has 0 saturated carbocycles. The maximum absolute atomic E-state index is 12.3. The number of halogens is 3. The summed E-state index contributed by atoms with van der Waals surface area (Å²) in [5, 5.41) is 4.90.